The molecule has 0 aliphatic carbocycles. The maximum Gasteiger partial charge on any atom is 0.338 e. The van der Waals surface area contributed by atoms with Crippen LogP contribution in [0.5, 0.6) is 0 Å². The number of anilines is 1. The smallest absolute Gasteiger partial charge is 0.338 e. The number of ketones is 1. The fourth-order valence-electron chi connectivity index (χ4n) is 2.51. The quantitative estimate of drug-likeness (QED) is 0.376. The fourth-order valence-corrected chi connectivity index (χ4v) is 2.68. The third kappa shape index (κ3) is 5.06. The van der Waals surface area contributed by atoms with Gasteiger partial charge in [0, 0.05) is 17.3 Å². The van der Waals surface area contributed by atoms with E-state index < -0.39 is 18.0 Å². The molecule has 1 amide bonds. The van der Waals surface area contributed by atoms with Crippen LogP contribution in [0.25, 0.3) is 0 Å². The van der Waals surface area contributed by atoms with Crippen molar-refractivity contribution < 1.29 is 19.1 Å². The number of carbonyl (C=O) groups excluding carboxylic acids is 3. The molecule has 29 heavy (non-hydrogen) atoms. The van der Waals surface area contributed by atoms with Gasteiger partial charge in [-0.15, -0.1) is 0 Å². The zero-order valence-corrected chi connectivity index (χ0v) is 16.2. The molecule has 1 N–H and O–H groups in total. The number of ether oxygens (including phenoxy) is 1. The first kappa shape index (κ1) is 20.2. The SMILES string of the molecule is C[C@@H](OC(=O)c1ccc(C(=O)c2ccccc2)cc1)C(=O)Nc1cccnc1Cl. The summed E-state index contributed by atoms with van der Waals surface area (Å²) in [4.78, 5) is 40.8. The van der Waals surface area contributed by atoms with Crippen molar-refractivity contribution in [2.24, 2.45) is 0 Å². The molecule has 3 rings (SSSR count). The number of rotatable bonds is 6. The number of benzene rings is 2. The van der Waals surface area contributed by atoms with Crippen molar-refractivity contribution in [3.8, 4) is 0 Å². The molecule has 0 spiro atoms. The third-order valence-corrected chi connectivity index (χ3v) is 4.39. The van der Waals surface area contributed by atoms with Gasteiger partial charge in [0.25, 0.3) is 5.91 Å². The van der Waals surface area contributed by atoms with E-state index in [2.05, 4.69) is 10.3 Å². The molecule has 0 unspecified atom stereocenters. The molecule has 0 fully saturated rings. The van der Waals surface area contributed by atoms with Crippen molar-refractivity contribution in [3.63, 3.8) is 0 Å². The lowest BCUT2D eigenvalue weighted by atomic mass is 10.0. The Hall–Kier alpha value is -3.51. The number of hydrogen-bond donors (Lipinski definition) is 1. The molecule has 146 valence electrons. The van der Waals surface area contributed by atoms with E-state index in [1.807, 2.05) is 6.07 Å². The fraction of sp³-hybridized carbons (Fsp3) is 0.0909. The minimum absolute atomic E-state index is 0.137. The molecule has 1 atom stereocenters. The summed E-state index contributed by atoms with van der Waals surface area (Å²) >= 11 is 5.90. The van der Waals surface area contributed by atoms with Crippen molar-refractivity contribution in [2.75, 3.05) is 5.32 Å². The molecule has 2 aromatic carbocycles. The van der Waals surface area contributed by atoms with Gasteiger partial charge in [0.05, 0.1) is 11.3 Å². The van der Waals surface area contributed by atoms with Crippen LogP contribution in [0.2, 0.25) is 5.15 Å². The summed E-state index contributed by atoms with van der Waals surface area (Å²) < 4.78 is 5.20. The summed E-state index contributed by atoms with van der Waals surface area (Å²) in [5.74, 6) is -1.36. The van der Waals surface area contributed by atoms with Gasteiger partial charge in [-0.05, 0) is 31.2 Å². The summed E-state index contributed by atoms with van der Waals surface area (Å²) in [7, 11) is 0. The number of halogens is 1. The second-order valence-corrected chi connectivity index (χ2v) is 6.51. The van der Waals surface area contributed by atoms with E-state index >= 15 is 0 Å². The maximum atomic E-state index is 12.4. The highest BCUT2D eigenvalue weighted by molar-refractivity contribution is 6.32. The number of amides is 1. The second kappa shape index (κ2) is 9.12. The zero-order chi connectivity index (χ0) is 20.8. The van der Waals surface area contributed by atoms with E-state index in [1.165, 1.54) is 25.3 Å². The molecule has 6 nitrogen and oxygen atoms in total. The molecule has 7 heteroatoms. The Morgan fingerprint density at radius 1 is 0.897 bits per heavy atom. The van der Waals surface area contributed by atoms with Crippen LogP contribution in [-0.2, 0) is 9.53 Å². The summed E-state index contributed by atoms with van der Waals surface area (Å²) in [6.07, 6.45) is 0.442. The highest BCUT2D eigenvalue weighted by Crippen LogP contribution is 2.18. The van der Waals surface area contributed by atoms with Gasteiger partial charge >= 0.3 is 5.97 Å². The number of esters is 1. The van der Waals surface area contributed by atoms with E-state index in [0.717, 1.165) is 0 Å². The van der Waals surface area contributed by atoms with Crippen molar-refractivity contribution in [2.45, 2.75) is 13.0 Å². The van der Waals surface area contributed by atoms with Gasteiger partial charge in [0.1, 0.15) is 0 Å². The summed E-state index contributed by atoms with van der Waals surface area (Å²) in [5.41, 5.74) is 1.56. The first-order valence-corrected chi connectivity index (χ1v) is 9.15. The Morgan fingerprint density at radius 3 is 2.17 bits per heavy atom. The summed E-state index contributed by atoms with van der Waals surface area (Å²) in [6.45, 7) is 1.45. The maximum absolute atomic E-state index is 12.4. The predicted octanol–water partition coefficient (Wildman–Crippen LogP) is 4.15. The molecule has 0 radical (unpaired) electrons. The first-order chi connectivity index (χ1) is 14.0. The van der Waals surface area contributed by atoms with E-state index in [0.29, 0.717) is 16.8 Å². The second-order valence-electron chi connectivity index (χ2n) is 6.15. The van der Waals surface area contributed by atoms with Gasteiger partial charge < -0.3 is 10.1 Å². The number of aromatic nitrogens is 1. The van der Waals surface area contributed by atoms with Crippen molar-refractivity contribution in [3.05, 3.63) is 94.8 Å². The van der Waals surface area contributed by atoms with E-state index in [1.54, 1.807) is 48.5 Å². The van der Waals surface area contributed by atoms with Crippen molar-refractivity contribution >= 4 is 34.9 Å². The van der Waals surface area contributed by atoms with Gasteiger partial charge in [-0.2, -0.15) is 0 Å². The number of nitrogens with one attached hydrogen (secondary N) is 1. The molecule has 0 bridgehead atoms. The van der Waals surface area contributed by atoms with Crippen LogP contribution in [-0.4, -0.2) is 28.7 Å². The Bertz CT molecular complexity index is 1040. The molecular weight excluding hydrogens is 392 g/mol. The molecule has 0 aliphatic rings. The molecule has 3 aromatic rings. The molecule has 1 heterocycles. The minimum atomic E-state index is -1.05. The molecular formula is C22H17ClN2O4. The van der Waals surface area contributed by atoms with Crippen molar-refractivity contribution in [1.29, 1.82) is 0 Å². The van der Waals surface area contributed by atoms with Crippen LogP contribution in [0.3, 0.4) is 0 Å². The van der Waals surface area contributed by atoms with Crippen LogP contribution in [0.1, 0.15) is 33.2 Å². The van der Waals surface area contributed by atoms with Gasteiger partial charge in [-0.3, -0.25) is 9.59 Å². The van der Waals surface area contributed by atoms with Crippen LogP contribution in [0.15, 0.2) is 72.9 Å². The van der Waals surface area contributed by atoms with Crippen LogP contribution in [0.4, 0.5) is 5.69 Å². The van der Waals surface area contributed by atoms with Gasteiger partial charge in [-0.1, -0.05) is 54.1 Å². The summed E-state index contributed by atoms with van der Waals surface area (Å²) in [5, 5.41) is 2.69. The van der Waals surface area contributed by atoms with Crippen molar-refractivity contribution in [1.82, 2.24) is 4.98 Å². The van der Waals surface area contributed by atoms with Gasteiger partial charge in [0.15, 0.2) is 17.0 Å². The van der Waals surface area contributed by atoms with E-state index in [4.69, 9.17) is 16.3 Å². The monoisotopic (exact) mass is 408 g/mol. The molecule has 0 saturated carbocycles. The molecule has 0 aliphatic heterocycles. The highest BCUT2D eigenvalue weighted by Gasteiger charge is 2.20. The highest BCUT2D eigenvalue weighted by atomic mass is 35.5. The Morgan fingerprint density at radius 2 is 1.52 bits per heavy atom. The Labute approximate surface area is 172 Å². The van der Waals surface area contributed by atoms with Crippen LogP contribution < -0.4 is 5.32 Å². The minimum Gasteiger partial charge on any atom is -0.449 e. The number of hydrogen-bond acceptors (Lipinski definition) is 5. The number of nitrogens with zero attached hydrogens (tertiary/aromatic N) is 1. The average Bonchev–Trinajstić information content (AvgIpc) is 2.75. The lowest BCUT2D eigenvalue weighted by Crippen LogP contribution is -2.30. The lowest BCUT2D eigenvalue weighted by Gasteiger charge is -2.14. The topological polar surface area (TPSA) is 85.4 Å². The zero-order valence-electron chi connectivity index (χ0n) is 15.5. The Kier molecular flexibility index (Phi) is 6.36. The first-order valence-electron chi connectivity index (χ1n) is 8.78. The standard InChI is InChI=1S/C22H17ClN2O4/c1-14(21(27)25-18-8-5-13-24-20(18)23)29-22(28)17-11-9-16(10-12-17)19(26)15-6-3-2-4-7-15/h2-14H,1H3,(H,25,27)/t14-/m1/s1. The van der Waals surface area contributed by atoms with Gasteiger partial charge in [0.2, 0.25) is 0 Å². The van der Waals surface area contributed by atoms with Crippen LogP contribution >= 0.6 is 11.6 Å². The van der Waals surface area contributed by atoms with E-state index in [-0.39, 0.29) is 16.5 Å². The molecule has 0 saturated heterocycles. The van der Waals surface area contributed by atoms with Crippen LogP contribution in [0, 0.1) is 0 Å². The number of carbonyl (C=O) groups is 3. The van der Waals surface area contributed by atoms with E-state index in [9.17, 15) is 14.4 Å². The average molecular weight is 409 g/mol. The largest absolute Gasteiger partial charge is 0.449 e. The normalized spacial score (nSPS) is 11.4. The number of pyridine rings is 1. The van der Waals surface area contributed by atoms with Gasteiger partial charge in [-0.25, -0.2) is 9.78 Å². The Balaban J connectivity index is 1.62. The predicted molar refractivity (Wildman–Crippen MR) is 109 cm³/mol. The summed E-state index contributed by atoms with van der Waals surface area (Å²) in [6, 6.07) is 18.1. The third-order valence-electron chi connectivity index (χ3n) is 4.09. The molecule has 1 aromatic heterocycles. The lowest BCUT2D eigenvalue weighted by molar-refractivity contribution is -0.123.